The Morgan fingerprint density at radius 3 is 2.08 bits per heavy atom. The van der Waals surface area contributed by atoms with Crippen molar-refractivity contribution in [3.63, 3.8) is 0 Å². The van der Waals surface area contributed by atoms with E-state index in [4.69, 9.17) is 0 Å². The van der Waals surface area contributed by atoms with Crippen molar-refractivity contribution in [2.45, 2.75) is 38.1 Å². The predicted molar refractivity (Wildman–Crippen MR) is 129 cm³/mol. The molecule has 0 fully saturated rings. The maximum Gasteiger partial charge on any atom is 0.387 e. The van der Waals surface area contributed by atoms with Crippen LogP contribution in [0, 0.1) is 0 Å². The summed E-state index contributed by atoms with van der Waals surface area (Å²) in [6.07, 6.45) is 5.31. The highest BCUT2D eigenvalue weighted by molar-refractivity contribution is 5.47. The van der Waals surface area contributed by atoms with Gasteiger partial charge in [-0.05, 0) is 65.9 Å². The van der Waals surface area contributed by atoms with Gasteiger partial charge in [0.2, 0.25) is 0 Å². The molecule has 192 valence electrons. The molecule has 0 unspecified atom stereocenters. The third kappa shape index (κ3) is 6.42. The van der Waals surface area contributed by atoms with Gasteiger partial charge in [-0.1, -0.05) is 42.5 Å². The number of benzene rings is 2. The van der Waals surface area contributed by atoms with Crippen LogP contribution in [0.25, 0.3) is 0 Å². The maximum absolute atomic E-state index is 13.0. The van der Waals surface area contributed by atoms with Crippen molar-refractivity contribution in [2.24, 2.45) is 0 Å². The van der Waals surface area contributed by atoms with Gasteiger partial charge in [0, 0.05) is 24.5 Å². The molecule has 9 heteroatoms. The van der Waals surface area contributed by atoms with Crippen molar-refractivity contribution in [1.29, 1.82) is 0 Å². The van der Waals surface area contributed by atoms with Crippen LogP contribution in [0.4, 0.5) is 17.6 Å². The topological polar surface area (TPSA) is 64.5 Å². The van der Waals surface area contributed by atoms with E-state index in [9.17, 15) is 22.7 Å². The average Bonchev–Trinajstić information content (AvgIpc) is 2.89. The summed E-state index contributed by atoms with van der Waals surface area (Å²) in [5, 5.41) is 11.1. The lowest BCUT2D eigenvalue weighted by Crippen LogP contribution is -2.24. The highest BCUT2D eigenvalue weighted by Crippen LogP contribution is 2.37. The van der Waals surface area contributed by atoms with Gasteiger partial charge in [-0.25, -0.2) is 0 Å². The van der Waals surface area contributed by atoms with Crippen molar-refractivity contribution in [1.82, 2.24) is 9.97 Å². The largest absolute Gasteiger partial charge is 0.431 e. The summed E-state index contributed by atoms with van der Waals surface area (Å²) >= 11 is 0. The van der Waals surface area contributed by atoms with Gasteiger partial charge in [-0.15, -0.1) is 0 Å². The van der Waals surface area contributed by atoms with Crippen LogP contribution >= 0.6 is 0 Å². The number of ether oxygens (including phenoxy) is 2. The molecule has 2 atom stereocenters. The lowest BCUT2D eigenvalue weighted by molar-refractivity contribution is -0.0692. The van der Waals surface area contributed by atoms with E-state index in [2.05, 4.69) is 19.4 Å². The quantitative estimate of drug-likeness (QED) is 0.252. The van der Waals surface area contributed by atoms with Crippen molar-refractivity contribution < 1.29 is 32.1 Å². The summed E-state index contributed by atoms with van der Waals surface area (Å²) in [6.45, 7) is -4.78. The second-order valence-electron chi connectivity index (χ2n) is 8.49. The third-order valence-electron chi connectivity index (χ3n) is 6.01. The number of alkyl halides is 4. The molecule has 5 nitrogen and oxygen atoms in total. The number of hydrogen-bond donors (Lipinski definition) is 1. The fraction of sp³-hybridized carbons (Fsp3) is 0.214. The molecule has 1 N–H and O–H groups in total. The van der Waals surface area contributed by atoms with Gasteiger partial charge in [-0.2, -0.15) is 17.6 Å². The molecule has 0 radical (unpaired) electrons. The van der Waals surface area contributed by atoms with Gasteiger partial charge >= 0.3 is 13.2 Å². The Bertz CT molecular complexity index is 1290. The van der Waals surface area contributed by atoms with Crippen LogP contribution in [0.5, 0.6) is 11.5 Å². The molecule has 4 aromatic rings. The Morgan fingerprint density at radius 1 is 0.811 bits per heavy atom. The number of halogens is 4. The van der Waals surface area contributed by atoms with Crippen LogP contribution < -0.4 is 9.47 Å². The molecule has 2 aromatic heterocycles. The minimum atomic E-state index is -3.23. The number of nitrogens with zero attached hydrogens (tertiary/aromatic N) is 2. The van der Waals surface area contributed by atoms with E-state index in [1.54, 1.807) is 49.8 Å². The first-order valence-electron chi connectivity index (χ1n) is 11.4. The minimum absolute atomic E-state index is 0.411. The number of pyridine rings is 2. The maximum atomic E-state index is 13.0. The Morgan fingerprint density at radius 2 is 1.46 bits per heavy atom. The number of aromatic nitrogens is 2. The van der Waals surface area contributed by atoms with E-state index in [1.165, 1.54) is 18.2 Å². The molecule has 0 saturated heterocycles. The molecule has 0 aliphatic heterocycles. The summed E-state index contributed by atoms with van der Waals surface area (Å²) in [6, 6.07) is 20.2. The molecule has 0 saturated carbocycles. The molecule has 37 heavy (non-hydrogen) atoms. The van der Waals surface area contributed by atoms with E-state index in [0.717, 1.165) is 11.1 Å². The molecular weight excluding hydrogens is 488 g/mol. The van der Waals surface area contributed by atoms with E-state index in [0.29, 0.717) is 23.2 Å². The van der Waals surface area contributed by atoms with Crippen molar-refractivity contribution in [2.75, 3.05) is 0 Å². The van der Waals surface area contributed by atoms with Crippen LogP contribution in [0.1, 0.15) is 40.8 Å². The SMILES string of the molecule is C[C@@](O)(c1ccccc1)c1ccc([C@H](Cc2ccncc2)c2ccc(OC(F)F)c(OC(F)F)c2)cn1. The summed E-state index contributed by atoms with van der Waals surface area (Å²) in [5.74, 6) is -1.40. The molecular formula is C28H24F4N2O3. The van der Waals surface area contributed by atoms with Crippen molar-refractivity contribution in [3.05, 3.63) is 119 Å². The first-order chi connectivity index (χ1) is 17.7. The van der Waals surface area contributed by atoms with E-state index < -0.39 is 36.2 Å². The highest BCUT2D eigenvalue weighted by Gasteiger charge is 2.28. The summed E-state index contributed by atoms with van der Waals surface area (Å²) in [5.41, 5.74) is 1.91. The van der Waals surface area contributed by atoms with Gasteiger partial charge in [0.15, 0.2) is 11.5 Å². The number of aliphatic hydroxyl groups is 1. The molecule has 4 rings (SSSR count). The van der Waals surface area contributed by atoms with Crippen LogP contribution in [0.15, 0.2) is 91.4 Å². The van der Waals surface area contributed by atoms with Crippen molar-refractivity contribution >= 4 is 0 Å². The lowest BCUT2D eigenvalue weighted by atomic mass is 9.85. The second-order valence-corrected chi connectivity index (χ2v) is 8.49. The van der Waals surface area contributed by atoms with Crippen LogP contribution in [-0.2, 0) is 12.0 Å². The zero-order chi connectivity index (χ0) is 26.4. The number of hydrogen-bond acceptors (Lipinski definition) is 5. The monoisotopic (exact) mass is 512 g/mol. The minimum Gasteiger partial charge on any atom is -0.431 e. The Hall–Kier alpha value is -3.98. The third-order valence-corrected chi connectivity index (χ3v) is 6.01. The molecule has 0 aliphatic rings. The van der Waals surface area contributed by atoms with E-state index in [1.807, 2.05) is 30.3 Å². The summed E-state index contributed by atoms with van der Waals surface area (Å²) in [7, 11) is 0. The highest BCUT2D eigenvalue weighted by atomic mass is 19.3. The molecule has 2 aromatic carbocycles. The van der Waals surface area contributed by atoms with Gasteiger partial charge in [0.25, 0.3) is 0 Å². The first-order valence-corrected chi connectivity index (χ1v) is 11.4. The fourth-order valence-corrected chi connectivity index (χ4v) is 4.12. The smallest absolute Gasteiger partial charge is 0.387 e. The Balaban J connectivity index is 1.73. The normalized spacial score (nSPS) is 13.8. The number of rotatable bonds is 10. The van der Waals surface area contributed by atoms with Crippen LogP contribution in [-0.4, -0.2) is 28.3 Å². The first kappa shape index (κ1) is 26.1. The van der Waals surface area contributed by atoms with Gasteiger partial charge < -0.3 is 14.6 Å². The molecule has 2 heterocycles. The Kier molecular flexibility index (Phi) is 8.03. The lowest BCUT2D eigenvalue weighted by Gasteiger charge is -2.25. The fourth-order valence-electron chi connectivity index (χ4n) is 4.12. The summed E-state index contributed by atoms with van der Waals surface area (Å²) < 4.78 is 60.5. The van der Waals surface area contributed by atoms with Crippen LogP contribution in [0.2, 0.25) is 0 Å². The van der Waals surface area contributed by atoms with E-state index in [-0.39, 0.29) is 0 Å². The van der Waals surface area contributed by atoms with Gasteiger partial charge in [0.05, 0.1) is 5.69 Å². The zero-order valence-corrected chi connectivity index (χ0v) is 19.8. The van der Waals surface area contributed by atoms with Gasteiger partial charge in [0.1, 0.15) is 5.60 Å². The summed E-state index contributed by atoms with van der Waals surface area (Å²) in [4.78, 5) is 8.53. The molecule has 0 spiro atoms. The molecule has 0 bridgehead atoms. The van der Waals surface area contributed by atoms with Gasteiger partial charge in [-0.3, -0.25) is 9.97 Å². The second kappa shape index (κ2) is 11.4. The zero-order valence-electron chi connectivity index (χ0n) is 19.8. The van der Waals surface area contributed by atoms with E-state index >= 15 is 0 Å². The van der Waals surface area contributed by atoms with Crippen molar-refractivity contribution in [3.8, 4) is 11.5 Å². The molecule has 0 amide bonds. The van der Waals surface area contributed by atoms with Crippen LogP contribution in [0.3, 0.4) is 0 Å². The molecule has 0 aliphatic carbocycles. The standard InChI is InChI=1S/C28H24F4N2O3/c1-28(35,21-5-3-2-4-6-21)25-10-8-20(17-34-25)22(15-18-11-13-33-14-12-18)19-7-9-23(36-26(29)30)24(16-19)37-27(31)32/h2-14,16-17,22,26-27,35H,15H2,1H3/t22-,28-/m1/s1. The Labute approximate surface area is 211 Å². The predicted octanol–water partition coefficient (Wildman–Crippen LogP) is 6.31. The average molecular weight is 513 g/mol.